The zero-order valence-electron chi connectivity index (χ0n) is 54.5. The molecule has 0 saturated carbocycles. The van der Waals surface area contributed by atoms with E-state index in [9.17, 15) is 19.4 Å². The number of nitrogens with one attached hydrogen (secondary N) is 1. The number of quaternary nitrogens is 1. The van der Waals surface area contributed by atoms with Gasteiger partial charge in [-0.3, -0.25) is 13.8 Å². The number of aliphatic hydroxyl groups excluding tert-OH is 1. The molecular weight excluding hydrogens is 1030 g/mol. The fourth-order valence-corrected chi connectivity index (χ4v) is 10.7. The van der Waals surface area contributed by atoms with Gasteiger partial charge in [0.2, 0.25) is 5.91 Å². The monoisotopic (exact) mass is 1170 g/mol. The molecule has 0 heterocycles. The van der Waals surface area contributed by atoms with Crippen molar-refractivity contribution in [1.29, 1.82) is 0 Å². The van der Waals surface area contributed by atoms with Crippen molar-refractivity contribution in [2.75, 3.05) is 40.9 Å². The minimum Gasteiger partial charge on any atom is -0.387 e. The predicted octanol–water partition coefficient (Wildman–Crippen LogP) is 22.1. The quantitative estimate of drug-likeness (QED) is 0.0243. The van der Waals surface area contributed by atoms with E-state index in [4.69, 9.17) is 9.05 Å². The number of phosphoric acid groups is 1. The average Bonchev–Trinajstić information content (AvgIpc) is 3.45. The SMILES string of the molecule is CC/C=C\C/C=C\C/C=C\C/C=C\C/C=C\C/C=C\CCCCCCCCCCCCCCCCCCC(=O)NC(COP(=O)(O)OCC[N+](C)(C)C)C(O)/C=C/CC/C=C/CCCCCCCCCCCCCCCCCCCCC. The van der Waals surface area contributed by atoms with Crippen LogP contribution in [0, 0.1) is 0 Å². The Kier molecular flexibility index (Phi) is 61.0. The van der Waals surface area contributed by atoms with E-state index >= 15 is 0 Å². The van der Waals surface area contributed by atoms with Gasteiger partial charge >= 0.3 is 7.82 Å². The summed E-state index contributed by atoms with van der Waals surface area (Å²) >= 11 is 0. The zero-order chi connectivity index (χ0) is 59.8. The number of unbranched alkanes of at least 4 members (excludes halogenated alkanes) is 36. The number of allylic oxidation sites excluding steroid dienone is 15. The van der Waals surface area contributed by atoms with Gasteiger partial charge in [0.15, 0.2) is 0 Å². The first-order valence-electron chi connectivity index (χ1n) is 34.6. The van der Waals surface area contributed by atoms with Gasteiger partial charge in [-0.1, -0.05) is 317 Å². The Morgan fingerprint density at radius 1 is 0.427 bits per heavy atom. The van der Waals surface area contributed by atoms with E-state index in [2.05, 4.69) is 104 Å². The molecule has 0 radical (unpaired) electrons. The van der Waals surface area contributed by atoms with Gasteiger partial charge < -0.3 is 19.8 Å². The van der Waals surface area contributed by atoms with Gasteiger partial charge in [-0.05, 0) is 83.5 Å². The number of hydrogen-bond acceptors (Lipinski definition) is 5. The van der Waals surface area contributed by atoms with Crippen molar-refractivity contribution < 1.29 is 32.9 Å². The van der Waals surface area contributed by atoms with Gasteiger partial charge in [0.25, 0.3) is 0 Å². The second-order valence-electron chi connectivity index (χ2n) is 24.5. The number of rotatable bonds is 63. The molecule has 9 heteroatoms. The Morgan fingerprint density at radius 3 is 1.12 bits per heavy atom. The molecule has 0 saturated heterocycles. The van der Waals surface area contributed by atoms with E-state index in [0.717, 1.165) is 77.0 Å². The van der Waals surface area contributed by atoms with Crippen LogP contribution < -0.4 is 5.32 Å². The van der Waals surface area contributed by atoms with Crippen molar-refractivity contribution in [3.63, 3.8) is 0 Å². The third kappa shape index (κ3) is 65.0. The van der Waals surface area contributed by atoms with Crippen molar-refractivity contribution in [2.45, 2.75) is 321 Å². The zero-order valence-corrected chi connectivity index (χ0v) is 55.4. The highest BCUT2D eigenvalue weighted by Crippen LogP contribution is 2.43. The Labute approximate surface area is 509 Å². The lowest BCUT2D eigenvalue weighted by Crippen LogP contribution is -2.45. The molecule has 0 rings (SSSR count). The Morgan fingerprint density at radius 2 is 0.744 bits per heavy atom. The molecular formula is C73H134N2O6P+. The molecule has 3 atom stereocenters. The smallest absolute Gasteiger partial charge is 0.387 e. The van der Waals surface area contributed by atoms with Crippen LogP contribution in [0.5, 0.6) is 0 Å². The summed E-state index contributed by atoms with van der Waals surface area (Å²) in [6.45, 7) is 4.71. The summed E-state index contributed by atoms with van der Waals surface area (Å²) < 4.78 is 23.8. The fourth-order valence-electron chi connectivity index (χ4n) is 9.95. The third-order valence-corrected chi connectivity index (χ3v) is 16.3. The summed E-state index contributed by atoms with van der Waals surface area (Å²) in [6, 6.07) is -0.869. The molecule has 0 bridgehead atoms. The Hall–Kier alpha value is -2.58. The van der Waals surface area contributed by atoms with Gasteiger partial charge in [0, 0.05) is 6.42 Å². The molecule has 8 nitrogen and oxygen atoms in total. The number of carbonyl (C=O) groups excluding carboxylic acids is 1. The first kappa shape index (κ1) is 79.4. The summed E-state index contributed by atoms with van der Waals surface area (Å²) in [5, 5.41) is 14.0. The average molecular weight is 1170 g/mol. The number of nitrogens with zero attached hydrogens (tertiary/aromatic N) is 1. The molecule has 3 N–H and O–H groups in total. The summed E-state index contributed by atoms with van der Waals surface area (Å²) in [5.41, 5.74) is 0. The van der Waals surface area contributed by atoms with Crippen molar-refractivity contribution >= 4 is 13.7 Å². The lowest BCUT2D eigenvalue weighted by molar-refractivity contribution is -0.870. The second kappa shape index (κ2) is 62.9. The van der Waals surface area contributed by atoms with Crippen LogP contribution in [-0.4, -0.2) is 73.4 Å². The molecule has 0 aliphatic rings. The van der Waals surface area contributed by atoms with Crippen molar-refractivity contribution in [2.24, 2.45) is 0 Å². The lowest BCUT2D eigenvalue weighted by atomic mass is 10.0. The maximum Gasteiger partial charge on any atom is 0.472 e. The van der Waals surface area contributed by atoms with E-state index in [1.165, 1.54) is 212 Å². The molecule has 0 aliphatic heterocycles. The van der Waals surface area contributed by atoms with Crippen LogP contribution in [0.3, 0.4) is 0 Å². The number of phosphoric ester groups is 1. The number of amides is 1. The van der Waals surface area contributed by atoms with E-state index in [1.807, 2.05) is 27.2 Å². The van der Waals surface area contributed by atoms with Gasteiger partial charge in [-0.2, -0.15) is 0 Å². The molecule has 0 aromatic rings. The van der Waals surface area contributed by atoms with Crippen LogP contribution >= 0.6 is 7.82 Å². The molecule has 476 valence electrons. The normalized spacial score (nSPS) is 14.3. The van der Waals surface area contributed by atoms with Gasteiger partial charge in [0.05, 0.1) is 39.9 Å². The van der Waals surface area contributed by atoms with Gasteiger partial charge in [-0.15, -0.1) is 0 Å². The van der Waals surface area contributed by atoms with Crippen LogP contribution in [0.15, 0.2) is 97.2 Å². The molecule has 82 heavy (non-hydrogen) atoms. The van der Waals surface area contributed by atoms with Crippen molar-refractivity contribution in [3.05, 3.63) is 97.2 Å². The summed E-state index contributed by atoms with van der Waals surface area (Å²) in [6.07, 6.45) is 91.2. The standard InChI is InChI=1S/C73H133N2O6P/c1-6-8-10-12-14-16-18-20-22-24-26-28-30-32-33-34-35-36-37-38-39-40-41-43-45-47-49-51-53-55-57-59-61-63-65-67-73(77)74-71(70-81-82(78,79)80-69-68-75(3,4)5)72(76)66-64-62-60-58-56-54-52-50-48-46-44-42-31-29-27-25-23-21-19-17-15-13-11-9-7-2/h8,10,14,16,20,22,26,28,32-33,35-36,56,58,64,66,71-72,76H,6-7,9,11-13,15,17-19,21,23-25,27,29-31,34,37-55,57,59-63,65,67-70H2,1-5H3,(H-,74,77,78,79)/p+1/b10-8-,16-14-,22-20-,28-26-,33-32-,36-35-,58-56+,66-64+. The van der Waals surface area contributed by atoms with Crippen LogP contribution in [0.25, 0.3) is 0 Å². The molecule has 0 fully saturated rings. The van der Waals surface area contributed by atoms with E-state index in [0.29, 0.717) is 17.4 Å². The molecule has 0 aromatic carbocycles. The predicted molar refractivity (Wildman–Crippen MR) is 359 cm³/mol. The highest BCUT2D eigenvalue weighted by atomic mass is 31.2. The first-order valence-corrected chi connectivity index (χ1v) is 36.1. The van der Waals surface area contributed by atoms with Gasteiger partial charge in [0.1, 0.15) is 13.2 Å². The molecule has 0 spiro atoms. The number of hydrogen-bond donors (Lipinski definition) is 3. The fraction of sp³-hybridized carbons (Fsp3) is 0.767. The van der Waals surface area contributed by atoms with Crippen molar-refractivity contribution in [3.8, 4) is 0 Å². The van der Waals surface area contributed by atoms with Crippen LogP contribution in [0.2, 0.25) is 0 Å². The van der Waals surface area contributed by atoms with Crippen LogP contribution in [-0.2, 0) is 18.4 Å². The second-order valence-corrected chi connectivity index (χ2v) is 26.0. The lowest BCUT2D eigenvalue weighted by Gasteiger charge is -2.25. The van der Waals surface area contributed by atoms with Crippen molar-refractivity contribution in [1.82, 2.24) is 5.32 Å². The van der Waals surface area contributed by atoms with Gasteiger partial charge in [-0.25, -0.2) is 4.57 Å². The molecule has 0 aromatic heterocycles. The Bertz CT molecular complexity index is 1660. The first-order chi connectivity index (χ1) is 40.0. The highest BCUT2D eigenvalue weighted by molar-refractivity contribution is 7.47. The Balaban J connectivity index is 4.10. The third-order valence-electron chi connectivity index (χ3n) is 15.3. The number of carbonyl (C=O) groups is 1. The summed E-state index contributed by atoms with van der Waals surface area (Å²) in [7, 11) is 1.56. The molecule has 3 unspecified atom stereocenters. The minimum atomic E-state index is -4.37. The summed E-state index contributed by atoms with van der Waals surface area (Å²) in [4.78, 5) is 23.4. The maximum atomic E-state index is 13.0. The minimum absolute atomic E-state index is 0.0539. The highest BCUT2D eigenvalue weighted by Gasteiger charge is 2.28. The van der Waals surface area contributed by atoms with Crippen LogP contribution in [0.4, 0.5) is 0 Å². The maximum absolute atomic E-state index is 13.0. The number of likely N-dealkylation sites (N-methyl/N-ethyl adjacent to an activating group) is 1. The largest absolute Gasteiger partial charge is 0.472 e. The van der Waals surface area contributed by atoms with Crippen LogP contribution in [0.1, 0.15) is 309 Å². The van der Waals surface area contributed by atoms with E-state index in [1.54, 1.807) is 6.08 Å². The summed E-state index contributed by atoms with van der Waals surface area (Å²) in [5.74, 6) is -0.186. The number of aliphatic hydroxyl groups is 1. The molecule has 0 aliphatic carbocycles. The topological polar surface area (TPSA) is 105 Å². The molecule has 1 amide bonds. The van der Waals surface area contributed by atoms with E-state index in [-0.39, 0.29) is 19.1 Å². The van der Waals surface area contributed by atoms with E-state index < -0.39 is 20.0 Å².